The van der Waals surface area contributed by atoms with E-state index < -0.39 is 61.4 Å². The molecule has 1 aliphatic carbocycles. The van der Waals surface area contributed by atoms with E-state index in [1.54, 1.807) is 0 Å². The van der Waals surface area contributed by atoms with Crippen molar-refractivity contribution in [3.8, 4) is 5.75 Å². The van der Waals surface area contributed by atoms with Crippen molar-refractivity contribution in [3.05, 3.63) is 39.5 Å². The Morgan fingerprint density at radius 2 is 1.98 bits per heavy atom. The van der Waals surface area contributed by atoms with Crippen LogP contribution in [0.2, 0.25) is 4.34 Å². The van der Waals surface area contributed by atoms with E-state index in [9.17, 15) is 36.3 Å². The first-order valence-corrected chi connectivity index (χ1v) is 13.2. The zero-order chi connectivity index (χ0) is 29.0. The molecule has 1 aromatic heterocycles. The van der Waals surface area contributed by atoms with Crippen molar-refractivity contribution in [2.45, 2.75) is 37.7 Å². The number of hydrogen-bond acceptors (Lipinski definition) is 7. The predicted molar refractivity (Wildman–Crippen MR) is 136 cm³/mol. The van der Waals surface area contributed by atoms with E-state index in [1.807, 2.05) is 0 Å². The van der Waals surface area contributed by atoms with Crippen molar-refractivity contribution < 1.29 is 45.8 Å². The van der Waals surface area contributed by atoms with E-state index in [0.717, 1.165) is 22.3 Å². The Bertz CT molecular complexity index is 1240. The Morgan fingerprint density at radius 3 is 2.58 bits per heavy atom. The van der Waals surface area contributed by atoms with Gasteiger partial charge in [0.15, 0.2) is 5.75 Å². The van der Waals surface area contributed by atoms with Crippen LogP contribution >= 0.6 is 22.9 Å². The molecular weight excluding hydrogens is 587 g/mol. The molecule has 1 atom stereocenters. The lowest BCUT2D eigenvalue weighted by Crippen LogP contribution is -2.54. The lowest BCUT2D eigenvalue weighted by molar-refractivity contribution is -0.155. The van der Waals surface area contributed by atoms with Gasteiger partial charge in [0.25, 0.3) is 11.8 Å². The highest BCUT2D eigenvalue weighted by atomic mass is 35.5. The summed E-state index contributed by atoms with van der Waals surface area (Å²) in [5.41, 5.74) is -0.0454. The van der Waals surface area contributed by atoms with Gasteiger partial charge in [-0.15, -0.1) is 11.3 Å². The van der Waals surface area contributed by atoms with Gasteiger partial charge in [0.1, 0.15) is 12.6 Å². The number of benzene rings is 1. The van der Waals surface area contributed by atoms with Crippen molar-refractivity contribution in [3.63, 3.8) is 0 Å². The largest absolute Gasteiger partial charge is 0.433 e. The number of thiophene rings is 1. The second-order valence-electron chi connectivity index (χ2n) is 8.99. The number of hydrogen-bond donors (Lipinski definition) is 2. The maximum atomic E-state index is 13.5. The van der Waals surface area contributed by atoms with Gasteiger partial charge >= 0.3 is 12.8 Å². The topological polar surface area (TPSA) is 100 Å². The Hall–Kier alpha value is -3.01. The van der Waals surface area contributed by atoms with E-state index in [-0.39, 0.29) is 36.0 Å². The molecule has 2 aliphatic rings. The fourth-order valence-electron chi connectivity index (χ4n) is 4.16. The molecule has 16 heteroatoms. The third kappa shape index (κ3) is 8.02. The van der Waals surface area contributed by atoms with Gasteiger partial charge in [-0.2, -0.15) is 22.0 Å². The molecule has 1 saturated heterocycles. The molecular formula is C24H24ClF5N4O5S. The average Bonchev–Trinajstić information content (AvgIpc) is 3.63. The number of carbonyl (C=O) groups excluding carboxylic acids is 3. The fraction of sp³-hybridized carbons (Fsp3) is 0.458. The highest BCUT2D eigenvalue weighted by Crippen LogP contribution is 2.35. The number of nitrogens with one attached hydrogen (secondary N) is 2. The number of morpholine rings is 1. The van der Waals surface area contributed by atoms with Gasteiger partial charge in [-0.25, -0.2) is 0 Å². The standard InChI is InChI=1S/C24H24ClF5N4O5S/c25-19-6-5-18(40-19)22(37)31-10-16(34(13-1-2-13)12-24(28,29)30)21(36)32-15-4-3-14(9-17(15)39-23(26)27)33-7-8-38-11-20(33)35/h3-6,9,13,16,23H,1-2,7-8,10-12H2,(H,31,37)(H,32,36)/t16-/m0/s1. The van der Waals surface area contributed by atoms with Gasteiger partial charge in [-0.3, -0.25) is 19.3 Å². The van der Waals surface area contributed by atoms with Crippen LogP contribution in [0.5, 0.6) is 5.75 Å². The van der Waals surface area contributed by atoms with E-state index in [2.05, 4.69) is 15.4 Å². The summed E-state index contributed by atoms with van der Waals surface area (Å²) in [5, 5.41) is 4.84. The number of alkyl halides is 5. The minimum Gasteiger partial charge on any atom is -0.433 e. The lowest BCUT2D eigenvalue weighted by Gasteiger charge is -2.32. The van der Waals surface area contributed by atoms with Crippen LogP contribution in [0.3, 0.4) is 0 Å². The van der Waals surface area contributed by atoms with Crippen LogP contribution in [0.25, 0.3) is 0 Å². The minimum atomic E-state index is -4.65. The third-order valence-electron chi connectivity index (χ3n) is 6.07. The predicted octanol–water partition coefficient (Wildman–Crippen LogP) is 4.13. The molecule has 0 bridgehead atoms. The monoisotopic (exact) mass is 610 g/mol. The number of amides is 3. The third-order valence-corrected chi connectivity index (χ3v) is 7.30. The summed E-state index contributed by atoms with van der Waals surface area (Å²) in [6, 6.07) is 4.55. The number of anilines is 2. The first-order chi connectivity index (χ1) is 18.9. The lowest BCUT2D eigenvalue weighted by atomic mass is 10.1. The molecule has 0 unspecified atom stereocenters. The Labute approximate surface area is 234 Å². The normalized spacial score (nSPS) is 16.8. The van der Waals surface area contributed by atoms with Crippen LogP contribution < -0.4 is 20.3 Å². The molecule has 2 N–H and O–H groups in total. The molecule has 2 fully saturated rings. The van der Waals surface area contributed by atoms with E-state index in [1.165, 1.54) is 29.2 Å². The van der Waals surface area contributed by atoms with Gasteiger partial charge in [0, 0.05) is 30.9 Å². The van der Waals surface area contributed by atoms with Crippen LogP contribution in [0.4, 0.5) is 33.3 Å². The quantitative estimate of drug-likeness (QED) is 0.371. The van der Waals surface area contributed by atoms with Crippen molar-refractivity contribution in [1.82, 2.24) is 10.2 Å². The first-order valence-electron chi connectivity index (χ1n) is 12.0. The van der Waals surface area contributed by atoms with Crippen molar-refractivity contribution >= 4 is 52.0 Å². The Balaban J connectivity index is 1.58. The number of nitrogens with zero attached hydrogens (tertiary/aromatic N) is 2. The minimum absolute atomic E-state index is 0.156. The molecule has 40 heavy (non-hydrogen) atoms. The molecule has 0 spiro atoms. The fourth-order valence-corrected chi connectivity index (χ4v) is 5.12. The average molecular weight is 611 g/mol. The molecule has 0 radical (unpaired) electrons. The summed E-state index contributed by atoms with van der Waals surface area (Å²) < 4.78 is 76.8. The van der Waals surface area contributed by atoms with Crippen LogP contribution in [-0.2, 0) is 14.3 Å². The van der Waals surface area contributed by atoms with Crippen molar-refractivity contribution in [2.24, 2.45) is 0 Å². The number of rotatable bonds is 11. The highest BCUT2D eigenvalue weighted by Gasteiger charge is 2.44. The Morgan fingerprint density at radius 1 is 1.23 bits per heavy atom. The summed E-state index contributed by atoms with van der Waals surface area (Å²) >= 11 is 6.80. The maximum absolute atomic E-state index is 13.5. The SMILES string of the molecule is O=C(NC[C@@H](C(=O)Nc1ccc(N2CCOCC2=O)cc1OC(F)F)N(CC(F)(F)F)C1CC1)c1ccc(Cl)s1. The van der Waals surface area contributed by atoms with Crippen molar-refractivity contribution in [1.29, 1.82) is 0 Å². The molecule has 2 heterocycles. The van der Waals surface area contributed by atoms with Crippen LogP contribution in [0.15, 0.2) is 30.3 Å². The summed E-state index contributed by atoms with van der Waals surface area (Å²) in [4.78, 5) is 40.5. The zero-order valence-electron chi connectivity index (χ0n) is 20.7. The second kappa shape index (κ2) is 12.7. The maximum Gasteiger partial charge on any atom is 0.401 e. The summed E-state index contributed by atoms with van der Waals surface area (Å²) in [7, 11) is 0. The van der Waals surface area contributed by atoms with Crippen molar-refractivity contribution in [2.75, 3.05) is 43.1 Å². The van der Waals surface area contributed by atoms with Gasteiger partial charge in [0.2, 0.25) is 5.91 Å². The van der Waals surface area contributed by atoms with E-state index >= 15 is 0 Å². The Kier molecular flexibility index (Phi) is 9.48. The van der Waals surface area contributed by atoms with E-state index in [4.69, 9.17) is 16.3 Å². The molecule has 218 valence electrons. The van der Waals surface area contributed by atoms with E-state index in [0.29, 0.717) is 17.2 Å². The molecule has 2 aromatic rings. The number of ether oxygens (including phenoxy) is 2. The zero-order valence-corrected chi connectivity index (χ0v) is 22.3. The molecule has 1 aliphatic heterocycles. The van der Waals surface area contributed by atoms with Crippen LogP contribution in [0.1, 0.15) is 22.5 Å². The molecule has 3 amide bonds. The molecule has 1 saturated carbocycles. The van der Waals surface area contributed by atoms with Gasteiger partial charge < -0.3 is 25.0 Å². The van der Waals surface area contributed by atoms with Gasteiger partial charge in [-0.1, -0.05) is 11.6 Å². The summed E-state index contributed by atoms with van der Waals surface area (Å²) in [6.45, 7) is -5.05. The molecule has 4 rings (SSSR count). The number of halogens is 6. The first kappa shape index (κ1) is 30.0. The molecule has 9 nitrogen and oxygen atoms in total. The van der Waals surface area contributed by atoms with Crippen LogP contribution in [-0.4, -0.2) is 80.3 Å². The summed E-state index contributed by atoms with van der Waals surface area (Å²) in [5.74, 6) is -2.53. The smallest absolute Gasteiger partial charge is 0.401 e. The second-order valence-corrected chi connectivity index (χ2v) is 10.7. The number of carbonyl (C=O) groups is 3. The summed E-state index contributed by atoms with van der Waals surface area (Å²) in [6.07, 6.45) is -3.82. The van der Waals surface area contributed by atoms with Gasteiger partial charge in [-0.05, 0) is 37.1 Å². The van der Waals surface area contributed by atoms with Crippen LogP contribution in [0, 0.1) is 0 Å². The highest BCUT2D eigenvalue weighted by molar-refractivity contribution is 7.18. The molecule has 1 aromatic carbocycles. The van der Waals surface area contributed by atoms with Gasteiger partial charge in [0.05, 0.1) is 28.1 Å².